The molecule has 0 saturated carbocycles. The van der Waals surface area contributed by atoms with E-state index >= 15 is 0 Å². The van der Waals surface area contributed by atoms with Crippen LogP contribution in [0.5, 0.6) is 5.75 Å². The molecule has 0 aliphatic heterocycles. The lowest BCUT2D eigenvalue weighted by Crippen LogP contribution is -2.11. The molecule has 0 bridgehead atoms. The summed E-state index contributed by atoms with van der Waals surface area (Å²) in [7, 11) is 0. The third-order valence-corrected chi connectivity index (χ3v) is 1.75. The summed E-state index contributed by atoms with van der Waals surface area (Å²) < 4.78 is 42.3. The molecular weight excluding hydrogens is 209 g/mol. The van der Waals surface area contributed by atoms with Gasteiger partial charge in [0.2, 0.25) is 0 Å². The number of benzene rings is 1. The van der Waals surface area contributed by atoms with Gasteiger partial charge in [-0.1, -0.05) is 0 Å². The second kappa shape index (κ2) is 4.39. The van der Waals surface area contributed by atoms with Crippen LogP contribution in [0.3, 0.4) is 0 Å². The van der Waals surface area contributed by atoms with Crippen LogP contribution < -0.4 is 16.0 Å². The van der Waals surface area contributed by atoms with Crippen LogP contribution in [0.15, 0.2) is 18.2 Å². The maximum Gasteiger partial charge on any atom is 0.419 e. The van der Waals surface area contributed by atoms with Crippen molar-refractivity contribution >= 4 is 5.69 Å². The van der Waals surface area contributed by atoms with Crippen LogP contribution in [0.4, 0.5) is 18.9 Å². The number of hydrogen-bond donors (Lipinski definition) is 2. The van der Waals surface area contributed by atoms with Gasteiger partial charge in [0.15, 0.2) is 0 Å². The standard InChI is InChI=1S/C9H11F3N2O/c1-2-15-8-5-6(14-13)3-4-7(8)9(10,11)12/h3-5,14H,2,13H2,1H3. The monoisotopic (exact) mass is 220 g/mol. The number of anilines is 1. The number of nitrogen functional groups attached to an aromatic ring is 1. The van der Waals surface area contributed by atoms with Crippen molar-refractivity contribution in [2.45, 2.75) is 13.1 Å². The van der Waals surface area contributed by atoms with Crippen molar-refractivity contribution in [2.75, 3.05) is 12.0 Å². The molecule has 84 valence electrons. The first-order valence-electron chi connectivity index (χ1n) is 4.29. The molecule has 0 heterocycles. The Morgan fingerprint density at radius 1 is 1.40 bits per heavy atom. The lowest BCUT2D eigenvalue weighted by Gasteiger charge is -2.14. The molecule has 15 heavy (non-hydrogen) atoms. The van der Waals surface area contributed by atoms with E-state index in [9.17, 15) is 13.2 Å². The molecule has 0 fully saturated rings. The number of ether oxygens (including phenoxy) is 1. The van der Waals surface area contributed by atoms with Gasteiger partial charge in [-0.2, -0.15) is 13.2 Å². The highest BCUT2D eigenvalue weighted by Crippen LogP contribution is 2.37. The number of nitrogens with two attached hydrogens (primary N) is 1. The molecule has 3 nitrogen and oxygen atoms in total. The highest BCUT2D eigenvalue weighted by molar-refractivity contribution is 5.51. The van der Waals surface area contributed by atoms with Gasteiger partial charge < -0.3 is 10.2 Å². The Morgan fingerprint density at radius 3 is 2.53 bits per heavy atom. The average molecular weight is 220 g/mol. The van der Waals surface area contributed by atoms with Gasteiger partial charge in [-0.25, -0.2) is 0 Å². The van der Waals surface area contributed by atoms with Gasteiger partial charge in [0, 0.05) is 6.07 Å². The van der Waals surface area contributed by atoms with E-state index < -0.39 is 11.7 Å². The molecular formula is C9H11F3N2O. The zero-order valence-corrected chi connectivity index (χ0v) is 8.06. The first-order chi connectivity index (χ1) is 6.99. The van der Waals surface area contributed by atoms with Crippen molar-refractivity contribution < 1.29 is 17.9 Å². The Hall–Kier alpha value is -1.43. The lowest BCUT2D eigenvalue weighted by molar-refractivity contribution is -0.138. The smallest absolute Gasteiger partial charge is 0.419 e. The second-order valence-electron chi connectivity index (χ2n) is 2.79. The summed E-state index contributed by atoms with van der Waals surface area (Å²) in [6.07, 6.45) is -4.42. The van der Waals surface area contributed by atoms with Gasteiger partial charge in [0.05, 0.1) is 17.9 Å². The fourth-order valence-corrected chi connectivity index (χ4v) is 1.12. The lowest BCUT2D eigenvalue weighted by atomic mass is 10.1. The van der Waals surface area contributed by atoms with Crippen molar-refractivity contribution in [3.63, 3.8) is 0 Å². The van der Waals surface area contributed by atoms with Crippen molar-refractivity contribution in [2.24, 2.45) is 5.84 Å². The van der Waals surface area contributed by atoms with E-state index in [1.165, 1.54) is 12.1 Å². The van der Waals surface area contributed by atoms with E-state index in [4.69, 9.17) is 10.6 Å². The Labute approximate surface area is 85.0 Å². The zero-order valence-electron chi connectivity index (χ0n) is 8.06. The largest absolute Gasteiger partial charge is 0.493 e. The maximum atomic E-state index is 12.5. The fourth-order valence-electron chi connectivity index (χ4n) is 1.12. The van der Waals surface area contributed by atoms with Gasteiger partial charge in [0.1, 0.15) is 5.75 Å². The molecule has 1 aromatic carbocycles. The number of hydrazine groups is 1. The summed E-state index contributed by atoms with van der Waals surface area (Å²) in [5.41, 5.74) is 1.82. The number of hydrogen-bond acceptors (Lipinski definition) is 3. The summed E-state index contributed by atoms with van der Waals surface area (Å²) in [6, 6.07) is 3.39. The number of nitrogens with one attached hydrogen (secondary N) is 1. The fraction of sp³-hybridized carbons (Fsp3) is 0.333. The van der Waals surface area contributed by atoms with E-state index in [1.54, 1.807) is 6.92 Å². The average Bonchev–Trinajstić information content (AvgIpc) is 2.16. The molecule has 1 rings (SSSR count). The SMILES string of the molecule is CCOc1cc(NN)ccc1C(F)(F)F. The first-order valence-corrected chi connectivity index (χ1v) is 4.29. The van der Waals surface area contributed by atoms with E-state index in [0.29, 0.717) is 5.69 Å². The molecule has 3 N–H and O–H groups in total. The molecule has 0 aliphatic rings. The summed E-state index contributed by atoms with van der Waals surface area (Å²) in [5, 5.41) is 0. The Morgan fingerprint density at radius 2 is 2.07 bits per heavy atom. The molecule has 0 amide bonds. The minimum atomic E-state index is -4.42. The predicted molar refractivity (Wildman–Crippen MR) is 50.4 cm³/mol. The molecule has 0 saturated heterocycles. The van der Waals surface area contributed by atoms with E-state index in [2.05, 4.69) is 5.43 Å². The minimum Gasteiger partial charge on any atom is -0.493 e. The third-order valence-electron chi connectivity index (χ3n) is 1.75. The Bertz CT molecular complexity index is 339. The normalized spacial score (nSPS) is 11.3. The van der Waals surface area contributed by atoms with Crippen LogP contribution in [-0.4, -0.2) is 6.61 Å². The summed E-state index contributed by atoms with van der Waals surface area (Å²) >= 11 is 0. The number of halogens is 3. The molecule has 0 spiro atoms. The van der Waals surface area contributed by atoms with E-state index in [-0.39, 0.29) is 12.4 Å². The molecule has 6 heteroatoms. The summed E-state index contributed by atoms with van der Waals surface area (Å²) in [4.78, 5) is 0. The first kappa shape index (κ1) is 11.6. The van der Waals surface area contributed by atoms with Crippen LogP contribution in [0, 0.1) is 0 Å². The van der Waals surface area contributed by atoms with Crippen LogP contribution in [-0.2, 0) is 6.18 Å². The molecule has 0 radical (unpaired) electrons. The quantitative estimate of drug-likeness (QED) is 0.607. The Kier molecular flexibility index (Phi) is 3.41. The molecule has 0 unspecified atom stereocenters. The van der Waals surface area contributed by atoms with Gasteiger partial charge in [-0.05, 0) is 19.1 Å². The minimum absolute atomic E-state index is 0.164. The third kappa shape index (κ3) is 2.76. The van der Waals surface area contributed by atoms with E-state index in [0.717, 1.165) is 6.07 Å². The van der Waals surface area contributed by atoms with Crippen LogP contribution in [0.2, 0.25) is 0 Å². The van der Waals surface area contributed by atoms with Gasteiger partial charge in [-0.15, -0.1) is 0 Å². The highest BCUT2D eigenvalue weighted by atomic mass is 19.4. The number of rotatable bonds is 3. The molecule has 1 aromatic rings. The van der Waals surface area contributed by atoms with Crippen LogP contribution in [0.1, 0.15) is 12.5 Å². The summed E-state index contributed by atoms with van der Waals surface area (Å²) in [5.74, 6) is 4.87. The maximum absolute atomic E-state index is 12.5. The molecule has 0 atom stereocenters. The topological polar surface area (TPSA) is 47.3 Å². The van der Waals surface area contributed by atoms with Crippen molar-refractivity contribution in [3.05, 3.63) is 23.8 Å². The summed E-state index contributed by atoms with van der Waals surface area (Å²) in [6.45, 7) is 1.78. The second-order valence-corrected chi connectivity index (χ2v) is 2.79. The Balaban J connectivity index is 3.15. The zero-order chi connectivity index (χ0) is 11.5. The van der Waals surface area contributed by atoms with Gasteiger partial charge in [0.25, 0.3) is 0 Å². The highest BCUT2D eigenvalue weighted by Gasteiger charge is 2.34. The molecule has 0 aromatic heterocycles. The molecule has 0 aliphatic carbocycles. The van der Waals surface area contributed by atoms with Crippen molar-refractivity contribution in [1.29, 1.82) is 0 Å². The van der Waals surface area contributed by atoms with Crippen molar-refractivity contribution in [3.8, 4) is 5.75 Å². The van der Waals surface area contributed by atoms with Crippen LogP contribution in [0.25, 0.3) is 0 Å². The predicted octanol–water partition coefficient (Wildman–Crippen LogP) is 2.39. The van der Waals surface area contributed by atoms with Crippen LogP contribution >= 0.6 is 0 Å². The van der Waals surface area contributed by atoms with Gasteiger partial charge >= 0.3 is 6.18 Å². The van der Waals surface area contributed by atoms with Crippen molar-refractivity contribution in [1.82, 2.24) is 0 Å². The van der Waals surface area contributed by atoms with Gasteiger partial charge in [-0.3, -0.25) is 5.84 Å². The number of alkyl halides is 3. The van der Waals surface area contributed by atoms with E-state index in [1.807, 2.05) is 0 Å².